The number of nitrogens with one attached hydrogen (secondary N) is 2. The molecule has 4 aromatic rings. The van der Waals surface area contributed by atoms with E-state index in [1.807, 2.05) is 30.3 Å². The van der Waals surface area contributed by atoms with E-state index in [1.165, 1.54) is 35.3 Å². The molecule has 0 spiro atoms. The average Bonchev–Trinajstić information content (AvgIpc) is 3.39. The number of nitro benzene ring substituents is 1. The fraction of sp³-hybridized carbons (Fsp3) is 0.0800. The van der Waals surface area contributed by atoms with Gasteiger partial charge in [0.25, 0.3) is 17.5 Å². The summed E-state index contributed by atoms with van der Waals surface area (Å²) in [6.07, 6.45) is 5.20. The molecular formula is C25H21N5O4. The maximum Gasteiger partial charge on any atom is 0.294 e. The van der Waals surface area contributed by atoms with Crippen LogP contribution in [0.15, 0.2) is 91.5 Å². The van der Waals surface area contributed by atoms with Gasteiger partial charge in [0.05, 0.1) is 22.5 Å². The lowest BCUT2D eigenvalue weighted by atomic mass is 10.1. The first kappa shape index (κ1) is 22.4. The van der Waals surface area contributed by atoms with Crippen molar-refractivity contribution in [2.45, 2.75) is 6.42 Å². The molecule has 9 nitrogen and oxygen atoms in total. The number of imidazole rings is 1. The van der Waals surface area contributed by atoms with Gasteiger partial charge in [-0.15, -0.1) is 0 Å². The lowest BCUT2D eigenvalue weighted by Gasteiger charge is -2.12. The fourth-order valence-electron chi connectivity index (χ4n) is 3.48. The summed E-state index contributed by atoms with van der Waals surface area (Å²) in [5.74, 6) is -0.891. The largest absolute Gasteiger partial charge is 0.352 e. The van der Waals surface area contributed by atoms with Crippen LogP contribution in [0.1, 0.15) is 26.3 Å². The normalized spacial score (nSPS) is 10.5. The van der Waals surface area contributed by atoms with Crippen LogP contribution in [-0.4, -0.2) is 32.8 Å². The number of para-hydroxylation sites is 1. The standard InChI is InChI=1S/C25H21N5O4/c31-24(19-10-11-22(23(16-19)30(33)34)29-15-14-26-17-29)28-21-9-5-4-8-20(21)25(32)27-13-12-18-6-2-1-3-7-18/h1-11,14-17H,12-13H2,(H,27,32)(H,28,31). The van der Waals surface area contributed by atoms with Crippen LogP contribution in [0.25, 0.3) is 5.69 Å². The first-order chi connectivity index (χ1) is 16.5. The van der Waals surface area contributed by atoms with Gasteiger partial charge in [-0.1, -0.05) is 42.5 Å². The van der Waals surface area contributed by atoms with Crippen molar-refractivity contribution in [2.24, 2.45) is 0 Å². The molecule has 0 aliphatic carbocycles. The van der Waals surface area contributed by atoms with Gasteiger partial charge in [-0.2, -0.15) is 0 Å². The molecule has 0 bridgehead atoms. The Balaban J connectivity index is 1.49. The van der Waals surface area contributed by atoms with E-state index in [1.54, 1.807) is 30.5 Å². The number of aromatic nitrogens is 2. The monoisotopic (exact) mass is 455 g/mol. The zero-order chi connectivity index (χ0) is 23.9. The summed E-state index contributed by atoms with van der Waals surface area (Å²) in [5.41, 5.74) is 1.86. The van der Waals surface area contributed by atoms with Crippen molar-refractivity contribution < 1.29 is 14.5 Å². The summed E-state index contributed by atoms with van der Waals surface area (Å²) in [6.45, 7) is 0.438. The molecule has 1 heterocycles. The molecule has 4 rings (SSSR count). The van der Waals surface area contributed by atoms with E-state index in [4.69, 9.17) is 0 Å². The molecule has 2 N–H and O–H groups in total. The van der Waals surface area contributed by atoms with E-state index >= 15 is 0 Å². The van der Waals surface area contributed by atoms with Crippen molar-refractivity contribution >= 4 is 23.2 Å². The van der Waals surface area contributed by atoms with Gasteiger partial charge in [-0.05, 0) is 36.2 Å². The first-order valence-corrected chi connectivity index (χ1v) is 10.5. The third-order valence-corrected chi connectivity index (χ3v) is 5.18. The number of rotatable bonds is 8. The van der Waals surface area contributed by atoms with Crippen LogP contribution in [-0.2, 0) is 6.42 Å². The van der Waals surface area contributed by atoms with E-state index in [2.05, 4.69) is 15.6 Å². The van der Waals surface area contributed by atoms with Gasteiger partial charge in [0.1, 0.15) is 5.69 Å². The quantitative estimate of drug-likeness (QED) is 0.307. The van der Waals surface area contributed by atoms with Gasteiger partial charge in [0.15, 0.2) is 0 Å². The molecule has 0 aliphatic rings. The molecule has 1 aromatic heterocycles. The van der Waals surface area contributed by atoms with Gasteiger partial charge in [0, 0.05) is 30.6 Å². The number of carbonyl (C=O) groups excluding carboxylic acids is 2. The smallest absolute Gasteiger partial charge is 0.294 e. The highest BCUT2D eigenvalue weighted by atomic mass is 16.6. The number of anilines is 1. The molecule has 34 heavy (non-hydrogen) atoms. The van der Waals surface area contributed by atoms with Crippen molar-refractivity contribution in [1.29, 1.82) is 0 Å². The molecule has 170 valence electrons. The van der Waals surface area contributed by atoms with Crippen LogP contribution in [0, 0.1) is 10.1 Å². The lowest BCUT2D eigenvalue weighted by molar-refractivity contribution is -0.384. The highest BCUT2D eigenvalue weighted by molar-refractivity contribution is 6.09. The number of hydrogen-bond acceptors (Lipinski definition) is 5. The van der Waals surface area contributed by atoms with E-state index in [0.29, 0.717) is 24.2 Å². The Hall–Kier alpha value is -4.79. The van der Waals surface area contributed by atoms with Crippen molar-refractivity contribution in [3.63, 3.8) is 0 Å². The van der Waals surface area contributed by atoms with Crippen LogP contribution in [0.4, 0.5) is 11.4 Å². The van der Waals surface area contributed by atoms with Gasteiger partial charge in [-0.25, -0.2) is 4.98 Å². The van der Waals surface area contributed by atoms with Crippen LogP contribution in [0.5, 0.6) is 0 Å². The Morgan fingerprint density at radius 3 is 2.47 bits per heavy atom. The topological polar surface area (TPSA) is 119 Å². The summed E-state index contributed by atoms with van der Waals surface area (Å²) in [7, 11) is 0. The van der Waals surface area contributed by atoms with Crippen LogP contribution >= 0.6 is 0 Å². The molecule has 0 radical (unpaired) electrons. The zero-order valence-corrected chi connectivity index (χ0v) is 18.0. The molecule has 0 saturated carbocycles. The number of carbonyl (C=O) groups is 2. The summed E-state index contributed by atoms with van der Waals surface area (Å²) in [4.78, 5) is 40.5. The molecule has 0 saturated heterocycles. The maximum absolute atomic E-state index is 12.9. The summed E-state index contributed by atoms with van der Waals surface area (Å²) in [5, 5.41) is 17.1. The SMILES string of the molecule is O=C(Nc1ccccc1C(=O)NCCc1ccccc1)c1ccc(-n2ccnc2)c([N+](=O)[O-])c1. The molecule has 0 atom stereocenters. The summed E-state index contributed by atoms with van der Waals surface area (Å²) < 4.78 is 1.49. The Morgan fingerprint density at radius 1 is 0.971 bits per heavy atom. The van der Waals surface area contributed by atoms with E-state index < -0.39 is 10.8 Å². The molecule has 2 amide bonds. The van der Waals surface area contributed by atoms with Gasteiger partial charge < -0.3 is 15.2 Å². The molecule has 0 aliphatic heterocycles. The minimum Gasteiger partial charge on any atom is -0.352 e. The summed E-state index contributed by atoms with van der Waals surface area (Å²) in [6, 6.07) is 20.6. The Kier molecular flexibility index (Phi) is 6.73. The van der Waals surface area contributed by atoms with Crippen molar-refractivity contribution in [1.82, 2.24) is 14.9 Å². The van der Waals surface area contributed by atoms with Gasteiger partial charge in [-0.3, -0.25) is 19.7 Å². The lowest BCUT2D eigenvalue weighted by Crippen LogP contribution is -2.27. The summed E-state index contributed by atoms with van der Waals surface area (Å²) >= 11 is 0. The second-order valence-electron chi connectivity index (χ2n) is 7.42. The Bertz CT molecular complexity index is 1320. The minimum absolute atomic E-state index is 0.0925. The van der Waals surface area contributed by atoms with Crippen LogP contribution in [0.3, 0.4) is 0 Å². The fourth-order valence-corrected chi connectivity index (χ4v) is 3.48. The number of hydrogen-bond donors (Lipinski definition) is 2. The van der Waals surface area contributed by atoms with Gasteiger partial charge >= 0.3 is 0 Å². The molecule has 0 fully saturated rings. The highest BCUT2D eigenvalue weighted by Gasteiger charge is 2.20. The predicted octanol–water partition coefficient (Wildman–Crippen LogP) is 4.01. The van der Waals surface area contributed by atoms with Crippen LogP contribution < -0.4 is 10.6 Å². The highest BCUT2D eigenvalue weighted by Crippen LogP contribution is 2.25. The maximum atomic E-state index is 12.9. The van der Waals surface area contributed by atoms with Crippen molar-refractivity contribution in [3.8, 4) is 5.69 Å². The van der Waals surface area contributed by atoms with E-state index in [9.17, 15) is 19.7 Å². The van der Waals surface area contributed by atoms with Crippen molar-refractivity contribution in [2.75, 3.05) is 11.9 Å². The zero-order valence-electron chi connectivity index (χ0n) is 18.0. The average molecular weight is 455 g/mol. The van der Waals surface area contributed by atoms with Crippen molar-refractivity contribution in [3.05, 3.63) is 118 Å². The Labute approximate surface area is 195 Å². The van der Waals surface area contributed by atoms with E-state index in [0.717, 1.165) is 5.56 Å². The molecular weight excluding hydrogens is 434 g/mol. The number of amides is 2. The second-order valence-corrected chi connectivity index (χ2v) is 7.42. The number of benzene rings is 3. The third kappa shape index (κ3) is 5.16. The first-order valence-electron chi connectivity index (χ1n) is 10.5. The predicted molar refractivity (Wildman–Crippen MR) is 127 cm³/mol. The van der Waals surface area contributed by atoms with E-state index in [-0.39, 0.29) is 22.8 Å². The molecule has 9 heteroatoms. The minimum atomic E-state index is -0.565. The van der Waals surface area contributed by atoms with Crippen LogP contribution in [0.2, 0.25) is 0 Å². The Morgan fingerprint density at radius 2 is 1.74 bits per heavy atom. The molecule has 0 unspecified atom stereocenters. The second kappa shape index (κ2) is 10.2. The third-order valence-electron chi connectivity index (χ3n) is 5.18. The van der Waals surface area contributed by atoms with Gasteiger partial charge in [0.2, 0.25) is 0 Å². The number of nitro groups is 1. The molecule has 3 aromatic carbocycles. The number of nitrogens with zero attached hydrogens (tertiary/aromatic N) is 3.